The first kappa shape index (κ1) is 25.5. The Kier molecular flexibility index (Phi) is 6.77. The highest BCUT2D eigenvalue weighted by molar-refractivity contribution is 5.96. The van der Waals surface area contributed by atoms with Crippen LogP contribution in [0.4, 0.5) is 5.69 Å². The average Bonchev–Trinajstić information content (AvgIpc) is 3.36. The van der Waals surface area contributed by atoms with E-state index in [0.29, 0.717) is 11.3 Å². The molecular formula is C31H42N4O3. The number of hydrogen-bond donors (Lipinski definition) is 0. The summed E-state index contributed by atoms with van der Waals surface area (Å²) in [6, 6.07) is 10.5. The van der Waals surface area contributed by atoms with Crippen LogP contribution in [0.1, 0.15) is 38.4 Å². The van der Waals surface area contributed by atoms with E-state index in [1.54, 1.807) is 7.11 Å². The number of piperidine rings is 1. The summed E-state index contributed by atoms with van der Waals surface area (Å²) in [5, 5.41) is 1.08. The van der Waals surface area contributed by atoms with Gasteiger partial charge in [-0.05, 0) is 83.1 Å². The monoisotopic (exact) mass is 518 g/mol. The number of ether oxygens (including phenoxy) is 2. The number of aromatic nitrogens is 1. The van der Waals surface area contributed by atoms with Crippen molar-refractivity contribution in [2.24, 2.45) is 11.3 Å². The number of pyridine rings is 1. The second kappa shape index (κ2) is 10.1. The Morgan fingerprint density at radius 2 is 1.82 bits per heavy atom. The van der Waals surface area contributed by atoms with Gasteiger partial charge in [-0.2, -0.15) is 0 Å². The predicted molar refractivity (Wildman–Crippen MR) is 152 cm³/mol. The Morgan fingerprint density at radius 3 is 2.47 bits per heavy atom. The molecule has 0 bridgehead atoms. The molecule has 204 valence electrons. The van der Waals surface area contributed by atoms with E-state index in [9.17, 15) is 0 Å². The number of methoxy groups -OCH3 is 1. The van der Waals surface area contributed by atoms with E-state index in [-0.39, 0.29) is 6.10 Å². The van der Waals surface area contributed by atoms with Gasteiger partial charge in [-0.25, -0.2) is 4.98 Å². The molecule has 4 heterocycles. The average molecular weight is 519 g/mol. The van der Waals surface area contributed by atoms with Crippen LogP contribution in [0.3, 0.4) is 0 Å². The van der Waals surface area contributed by atoms with Gasteiger partial charge in [-0.15, -0.1) is 0 Å². The number of rotatable bonds is 8. The lowest BCUT2D eigenvalue weighted by molar-refractivity contribution is -0.109. The maximum atomic E-state index is 6.52. The van der Waals surface area contributed by atoms with Crippen LogP contribution in [0, 0.1) is 11.3 Å². The van der Waals surface area contributed by atoms with Gasteiger partial charge in [0.1, 0.15) is 17.6 Å². The lowest BCUT2D eigenvalue weighted by Crippen LogP contribution is -2.63. The van der Waals surface area contributed by atoms with Crippen LogP contribution < -0.4 is 14.4 Å². The van der Waals surface area contributed by atoms with E-state index >= 15 is 0 Å². The zero-order valence-corrected chi connectivity index (χ0v) is 23.6. The Hall–Kier alpha value is -2.77. The molecule has 1 spiro atoms. The summed E-state index contributed by atoms with van der Waals surface area (Å²) in [5.41, 5.74) is 3.40. The SMILES string of the molecule is CCc1ccc(-c2cc(N(C)CC3CCN(C)CC3)c3cc(OC)c(OC4CC5(C4)CN(C)C5)cc3n2)o1. The van der Waals surface area contributed by atoms with Crippen molar-refractivity contribution < 1.29 is 13.9 Å². The van der Waals surface area contributed by atoms with E-state index in [0.717, 1.165) is 71.1 Å². The molecule has 3 aliphatic rings. The van der Waals surface area contributed by atoms with Crippen molar-refractivity contribution in [2.75, 3.05) is 65.9 Å². The van der Waals surface area contributed by atoms with Gasteiger partial charge in [0, 0.05) is 55.7 Å². The van der Waals surface area contributed by atoms with Crippen molar-refractivity contribution in [2.45, 2.75) is 45.1 Å². The smallest absolute Gasteiger partial charge is 0.163 e. The Morgan fingerprint density at radius 1 is 1.05 bits per heavy atom. The van der Waals surface area contributed by atoms with Crippen molar-refractivity contribution in [1.82, 2.24) is 14.8 Å². The van der Waals surface area contributed by atoms with Gasteiger partial charge < -0.3 is 28.6 Å². The van der Waals surface area contributed by atoms with Crippen LogP contribution in [-0.4, -0.2) is 81.9 Å². The Labute approximate surface area is 226 Å². The van der Waals surface area contributed by atoms with E-state index in [2.05, 4.69) is 67.0 Å². The third kappa shape index (κ3) is 4.87. The maximum absolute atomic E-state index is 6.52. The number of aryl methyl sites for hydroxylation is 1. The van der Waals surface area contributed by atoms with Crippen molar-refractivity contribution in [1.29, 1.82) is 0 Å². The van der Waals surface area contributed by atoms with Crippen LogP contribution in [-0.2, 0) is 6.42 Å². The van der Waals surface area contributed by atoms with E-state index in [4.69, 9.17) is 18.9 Å². The summed E-state index contributed by atoms with van der Waals surface area (Å²) in [5.74, 6) is 4.03. The fourth-order valence-electron chi connectivity index (χ4n) is 6.87. The number of fused-ring (bicyclic) bond motifs is 1. The Balaban J connectivity index is 1.33. The molecule has 3 fully saturated rings. The second-order valence-electron chi connectivity index (χ2n) is 12.1. The van der Waals surface area contributed by atoms with Crippen LogP contribution in [0.15, 0.2) is 34.7 Å². The number of anilines is 1. The number of nitrogens with zero attached hydrogens (tertiary/aromatic N) is 4. The molecule has 0 atom stereocenters. The first-order valence-corrected chi connectivity index (χ1v) is 14.2. The summed E-state index contributed by atoms with van der Waals surface area (Å²) in [6.45, 7) is 7.83. The zero-order chi connectivity index (χ0) is 26.4. The molecule has 0 N–H and O–H groups in total. The molecule has 1 saturated carbocycles. The fraction of sp³-hybridized carbons (Fsp3) is 0.581. The summed E-state index contributed by atoms with van der Waals surface area (Å²) < 4.78 is 18.5. The van der Waals surface area contributed by atoms with Crippen molar-refractivity contribution >= 4 is 16.6 Å². The molecule has 0 amide bonds. The topological polar surface area (TPSA) is 54.2 Å². The number of likely N-dealkylation sites (tertiary alicyclic amines) is 2. The predicted octanol–water partition coefficient (Wildman–Crippen LogP) is 5.32. The molecule has 1 aliphatic carbocycles. The number of furan rings is 1. The summed E-state index contributed by atoms with van der Waals surface area (Å²) >= 11 is 0. The fourth-order valence-corrected chi connectivity index (χ4v) is 6.87. The highest BCUT2D eigenvalue weighted by atomic mass is 16.5. The molecular weight excluding hydrogens is 476 g/mol. The molecule has 38 heavy (non-hydrogen) atoms. The van der Waals surface area contributed by atoms with Gasteiger partial charge in [0.15, 0.2) is 17.3 Å². The summed E-state index contributed by atoms with van der Waals surface area (Å²) in [6.07, 6.45) is 5.79. The second-order valence-corrected chi connectivity index (χ2v) is 12.1. The van der Waals surface area contributed by atoms with Crippen molar-refractivity contribution in [3.05, 3.63) is 36.1 Å². The third-order valence-corrected chi connectivity index (χ3v) is 8.94. The number of benzene rings is 1. The van der Waals surface area contributed by atoms with Crippen molar-refractivity contribution in [3.8, 4) is 23.0 Å². The molecule has 7 nitrogen and oxygen atoms in total. The largest absolute Gasteiger partial charge is 0.493 e. The standard InChI is InChI=1S/C31H42N4O3/c1-6-22-7-8-28(37-22)26-14-27(35(4)18-21-9-11-33(2)12-10-21)24-13-29(36-5)30(15-25(24)32-26)38-23-16-31(17-23)19-34(3)20-31/h7-8,13-15,21,23H,6,9-12,16-20H2,1-5H3. The normalized spacial score (nSPS) is 20.4. The van der Waals surface area contributed by atoms with E-state index < -0.39 is 0 Å². The molecule has 2 saturated heterocycles. The third-order valence-electron chi connectivity index (χ3n) is 8.94. The van der Waals surface area contributed by atoms with Gasteiger partial charge >= 0.3 is 0 Å². The van der Waals surface area contributed by atoms with Crippen molar-refractivity contribution in [3.63, 3.8) is 0 Å². The lowest BCUT2D eigenvalue weighted by Gasteiger charge is -2.57. The highest BCUT2D eigenvalue weighted by Crippen LogP contribution is 2.50. The van der Waals surface area contributed by atoms with E-state index in [1.807, 2.05) is 6.07 Å². The van der Waals surface area contributed by atoms with Gasteiger partial charge in [-0.3, -0.25) is 0 Å². The molecule has 3 aromatic rings. The van der Waals surface area contributed by atoms with Crippen LogP contribution in [0.5, 0.6) is 11.5 Å². The summed E-state index contributed by atoms with van der Waals surface area (Å²) in [7, 11) is 8.35. The molecule has 6 rings (SSSR count). The van der Waals surface area contributed by atoms with Crippen LogP contribution in [0.25, 0.3) is 22.4 Å². The Bertz CT molecular complexity index is 1280. The number of hydrogen-bond acceptors (Lipinski definition) is 7. The van der Waals surface area contributed by atoms with Crippen LogP contribution >= 0.6 is 0 Å². The minimum Gasteiger partial charge on any atom is -0.493 e. The zero-order valence-electron chi connectivity index (χ0n) is 23.6. The first-order chi connectivity index (χ1) is 18.3. The van der Waals surface area contributed by atoms with Gasteiger partial charge in [0.25, 0.3) is 0 Å². The first-order valence-electron chi connectivity index (χ1n) is 14.2. The molecule has 7 heteroatoms. The van der Waals surface area contributed by atoms with Gasteiger partial charge in [0.05, 0.1) is 12.6 Å². The minimum atomic E-state index is 0.238. The van der Waals surface area contributed by atoms with Gasteiger partial charge in [-0.1, -0.05) is 6.92 Å². The van der Waals surface area contributed by atoms with Crippen LogP contribution in [0.2, 0.25) is 0 Å². The highest BCUT2D eigenvalue weighted by Gasteiger charge is 2.52. The lowest BCUT2D eigenvalue weighted by atomic mass is 9.62. The molecule has 0 radical (unpaired) electrons. The maximum Gasteiger partial charge on any atom is 0.163 e. The quantitative estimate of drug-likeness (QED) is 0.400. The minimum absolute atomic E-state index is 0.238. The molecule has 2 aliphatic heterocycles. The molecule has 2 aromatic heterocycles. The molecule has 0 unspecified atom stereocenters. The van der Waals surface area contributed by atoms with Gasteiger partial charge in [0.2, 0.25) is 0 Å². The van der Waals surface area contributed by atoms with E-state index in [1.165, 1.54) is 39.0 Å². The summed E-state index contributed by atoms with van der Waals surface area (Å²) in [4.78, 5) is 12.3. The molecule has 1 aromatic carbocycles.